The molecule has 0 unspecified atom stereocenters. The van der Waals surface area contributed by atoms with Crippen LogP contribution in [0.15, 0.2) is 42.6 Å². The number of pyridine rings is 1. The highest BCUT2D eigenvalue weighted by Gasteiger charge is 2.20. The summed E-state index contributed by atoms with van der Waals surface area (Å²) in [5.74, 6) is 1.98. The second-order valence-electron chi connectivity index (χ2n) is 10.7. The first kappa shape index (κ1) is 26.0. The van der Waals surface area contributed by atoms with Crippen LogP contribution in [0.1, 0.15) is 121 Å². The van der Waals surface area contributed by atoms with Gasteiger partial charge in [-0.2, -0.15) is 0 Å². The van der Waals surface area contributed by atoms with Crippen LogP contribution < -0.4 is 0 Å². The van der Waals surface area contributed by atoms with Crippen molar-refractivity contribution >= 4 is 0 Å². The van der Waals surface area contributed by atoms with Gasteiger partial charge in [-0.3, -0.25) is 4.98 Å². The molecule has 0 bridgehead atoms. The Morgan fingerprint density at radius 1 is 0.606 bits per heavy atom. The number of hydrogen-bond acceptors (Lipinski definition) is 1. The summed E-state index contributed by atoms with van der Waals surface area (Å²) in [5, 5.41) is 0. The molecule has 0 saturated heterocycles. The van der Waals surface area contributed by atoms with Crippen LogP contribution >= 0.6 is 0 Å². The van der Waals surface area contributed by atoms with E-state index in [1.54, 1.807) is 0 Å². The van der Waals surface area contributed by atoms with Gasteiger partial charge in [-0.05, 0) is 54.7 Å². The number of aryl methyl sites for hydroxylation is 2. The number of unbranched alkanes of at least 4 members (excludes halogenated alkanes) is 7. The van der Waals surface area contributed by atoms with E-state index in [-0.39, 0.29) is 0 Å². The summed E-state index contributed by atoms with van der Waals surface area (Å²) in [6.07, 6.45) is 25.7. The Morgan fingerprint density at radius 3 is 1.85 bits per heavy atom. The molecule has 1 aliphatic carbocycles. The fraction of sp³-hybridized carbons (Fsp3) is 0.656. The number of benzene rings is 1. The van der Waals surface area contributed by atoms with Gasteiger partial charge in [0, 0.05) is 11.8 Å². The molecule has 1 aromatic heterocycles. The molecule has 0 aliphatic heterocycles. The van der Waals surface area contributed by atoms with Gasteiger partial charge in [0.05, 0.1) is 5.69 Å². The molecule has 33 heavy (non-hydrogen) atoms. The Balaban J connectivity index is 1.35. The summed E-state index contributed by atoms with van der Waals surface area (Å²) in [6.45, 7) is 4.57. The van der Waals surface area contributed by atoms with E-state index in [1.165, 1.54) is 119 Å². The van der Waals surface area contributed by atoms with Crippen molar-refractivity contribution in [3.8, 4) is 11.3 Å². The Kier molecular flexibility index (Phi) is 12.1. The standard InChI is InChI=1S/C32H49N/c1-3-5-7-9-11-12-27-14-16-28(17-15-27)18-19-29-20-23-31(24-21-29)32-25-22-30(26-33-32)13-10-8-6-4-2/h20-28H,3-19H2,1-2H3/t27-,28-. The molecule has 1 heterocycles. The lowest BCUT2D eigenvalue weighted by molar-refractivity contribution is 0.248. The van der Waals surface area contributed by atoms with Gasteiger partial charge in [-0.15, -0.1) is 0 Å². The maximum Gasteiger partial charge on any atom is 0.0702 e. The maximum atomic E-state index is 4.74. The molecule has 1 aliphatic rings. The van der Waals surface area contributed by atoms with Gasteiger partial charge in [-0.25, -0.2) is 0 Å². The van der Waals surface area contributed by atoms with E-state index in [0.717, 1.165) is 24.0 Å². The second kappa shape index (κ2) is 15.3. The van der Waals surface area contributed by atoms with Crippen LogP contribution in [-0.2, 0) is 12.8 Å². The summed E-state index contributed by atoms with van der Waals surface area (Å²) < 4.78 is 0. The smallest absolute Gasteiger partial charge is 0.0702 e. The van der Waals surface area contributed by atoms with E-state index >= 15 is 0 Å². The Bertz CT molecular complexity index is 737. The molecule has 1 fully saturated rings. The van der Waals surface area contributed by atoms with Crippen LogP contribution in [0.4, 0.5) is 0 Å². The largest absolute Gasteiger partial charge is 0.256 e. The normalized spacial score (nSPS) is 18.5. The maximum absolute atomic E-state index is 4.74. The van der Waals surface area contributed by atoms with Crippen LogP contribution in [0.25, 0.3) is 11.3 Å². The van der Waals surface area contributed by atoms with Gasteiger partial charge in [0.2, 0.25) is 0 Å². The topological polar surface area (TPSA) is 12.9 Å². The lowest BCUT2D eigenvalue weighted by Gasteiger charge is -2.28. The van der Waals surface area contributed by atoms with E-state index < -0.39 is 0 Å². The van der Waals surface area contributed by atoms with Gasteiger partial charge in [0.25, 0.3) is 0 Å². The Morgan fingerprint density at radius 2 is 1.21 bits per heavy atom. The molecular weight excluding hydrogens is 398 g/mol. The average molecular weight is 448 g/mol. The second-order valence-corrected chi connectivity index (χ2v) is 10.7. The predicted octanol–water partition coefficient (Wildman–Crippen LogP) is 9.97. The number of aromatic nitrogens is 1. The lowest BCUT2D eigenvalue weighted by atomic mass is 9.77. The molecule has 0 amide bonds. The van der Waals surface area contributed by atoms with E-state index in [9.17, 15) is 0 Å². The van der Waals surface area contributed by atoms with Crippen molar-refractivity contribution < 1.29 is 0 Å². The third kappa shape index (κ3) is 9.63. The summed E-state index contributed by atoms with van der Waals surface area (Å²) in [4.78, 5) is 4.74. The van der Waals surface area contributed by atoms with Crippen LogP contribution in [0, 0.1) is 11.8 Å². The molecule has 2 aromatic rings. The number of rotatable bonds is 15. The molecule has 1 nitrogen and oxygen atoms in total. The monoisotopic (exact) mass is 447 g/mol. The van der Waals surface area contributed by atoms with Crippen molar-refractivity contribution in [1.29, 1.82) is 0 Å². The molecule has 0 N–H and O–H groups in total. The molecular formula is C32H49N. The van der Waals surface area contributed by atoms with E-state index in [1.807, 2.05) is 0 Å². The molecule has 182 valence electrons. The molecule has 1 saturated carbocycles. The summed E-state index contributed by atoms with van der Waals surface area (Å²) in [7, 11) is 0. The summed E-state index contributed by atoms with van der Waals surface area (Å²) in [5.41, 5.74) is 5.21. The first-order valence-electron chi connectivity index (χ1n) is 14.3. The Labute approximate surface area is 204 Å². The molecule has 3 rings (SSSR count). The first-order chi connectivity index (χ1) is 16.3. The van der Waals surface area contributed by atoms with Gasteiger partial charge in [-0.1, -0.05) is 128 Å². The number of nitrogens with zero attached hydrogens (tertiary/aromatic N) is 1. The van der Waals surface area contributed by atoms with Gasteiger partial charge >= 0.3 is 0 Å². The minimum absolute atomic E-state index is 0.951. The highest BCUT2D eigenvalue weighted by atomic mass is 14.7. The zero-order valence-corrected chi connectivity index (χ0v) is 21.7. The van der Waals surface area contributed by atoms with Crippen LogP contribution in [0.3, 0.4) is 0 Å². The van der Waals surface area contributed by atoms with E-state index in [0.29, 0.717) is 0 Å². The van der Waals surface area contributed by atoms with Crippen molar-refractivity contribution in [2.24, 2.45) is 11.8 Å². The minimum atomic E-state index is 0.951. The highest BCUT2D eigenvalue weighted by Crippen LogP contribution is 2.34. The van der Waals surface area contributed by atoms with Gasteiger partial charge in [0.15, 0.2) is 0 Å². The summed E-state index contributed by atoms with van der Waals surface area (Å²) >= 11 is 0. The summed E-state index contributed by atoms with van der Waals surface area (Å²) in [6, 6.07) is 13.7. The predicted molar refractivity (Wildman–Crippen MR) is 145 cm³/mol. The SMILES string of the molecule is CCCCCCC[C@H]1CC[C@H](CCc2ccc(-c3ccc(CCCCCC)cn3)cc2)CC1. The van der Waals surface area contributed by atoms with Crippen molar-refractivity contribution in [2.75, 3.05) is 0 Å². The quantitative estimate of drug-likeness (QED) is 0.247. The molecule has 1 aromatic carbocycles. The lowest BCUT2D eigenvalue weighted by Crippen LogP contribution is -2.15. The van der Waals surface area contributed by atoms with Gasteiger partial charge < -0.3 is 0 Å². The fourth-order valence-corrected chi connectivity index (χ4v) is 5.56. The van der Waals surface area contributed by atoms with Crippen molar-refractivity contribution in [3.63, 3.8) is 0 Å². The first-order valence-corrected chi connectivity index (χ1v) is 14.3. The third-order valence-electron chi connectivity index (χ3n) is 7.92. The highest BCUT2D eigenvalue weighted by molar-refractivity contribution is 5.59. The molecule has 1 heteroatoms. The van der Waals surface area contributed by atoms with E-state index in [4.69, 9.17) is 4.98 Å². The average Bonchev–Trinajstić information content (AvgIpc) is 2.87. The molecule has 0 spiro atoms. The molecule has 0 radical (unpaired) electrons. The van der Waals surface area contributed by atoms with Crippen LogP contribution in [0.5, 0.6) is 0 Å². The number of hydrogen-bond donors (Lipinski definition) is 0. The molecule has 0 atom stereocenters. The van der Waals surface area contributed by atoms with Gasteiger partial charge in [0.1, 0.15) is 0 Å². The zero-order chi connectivity index (χ0) is 23.1. The fourth-order valence-electron chi connectivity index (χ4n) is 5.56. The van der Waals surface area contributed by atoms with E-state index in [2.05, 4.69) is 56.4 Å². The minimum Gasteiger partial charge on any atom is -0.256 e. The third-order valence-corrected chi connectivity index (χ3v) is 7.92. The Hall–Kier alpha value is -1.63. The van der Waals surface area contributed by atoms with Crippen molar-refractivity contribution in [1.82, 2.24) is 4.98 Å². The van der Waals surface area contributed by atoms with Crippen LogP contribution in [-0.4, -0.2) is 4.98 Å². The van der Waals surface area contributed by atoms with Crippen LogP contribution in [0.2, 0.25) is 0 Å². The van der Waals surface area contributed by atoms with Crippen molar-refractivity contribution in [3.05, 3.63) is 53.7 Å². The zero-order valence-electron chi connectivity index (χ0n) is 21.7. The van der Waals surface area contributed by atoms with Crippen molar-refractivity contribution in [2.45, 2.75) is 123 Å².